The van der Waals surface area contributed by atoms with Crippen molar-refractivity contribution in [3.8, 4) is 0 Å². The van der Waals surface area contributed by atoms with Crippen molar-refractivity contribution in [3.63, 3.8) is 0 Å². The van der Waals surface area contributed by atoms with Gasteiger partial charge in [-0.3, -0.25) is 9.59 Å². The molecule has 0 saturated carbocycles. The first kappa shape index (κ1) is 20.6. The van der Waals surface area contributed by atoms with Crippen LogP contribution in [0.3, 0.4) is 0 Å². The first-order valence-electron chi connectivity index (χ1n) is 7.28. The molecule has 0 saturated heterocycles. The van der Waals surface area contributed by atoms with Crippen molar-refractivity contribution < 1.29 is 9.59 Å². The second kappa shape index (κ2) is 9.75. The van der Waals surface area contributed by atoms with E-state index in [2.05, 4.69) is 79.2 Å². The molecule has 6 heteroatoms. The van der Waals surface area contributed by atoms with Crippen molar-refractivity contribution in [1.82, 2.24) is 0 Å². The fourth-order valence-electron chi connectivity index (χ4n) is 2.18. The van der Waals surface area contributed by atoms with E-state index in [-0.39, 0.29) is 17.6 Å². The molecule has 3 nitrogen and oxygen atoms in total. The van der Waals surface area contributed by atoms with Crippen LogP contribution in [0.4, 0.5) is 5.69 Å². The quantitative estimate of drug-likeness (QED) is 0.407. The lowest BCUT2D eigenvalue weighted by Crippen LogP contribution is -2.17. The van der Waals surface area contributed by atoms with Crippen LogP contribution in [-0.2, 0) is 16.0 Å². The molecule has 0 radical (unpaired) electrons. The summed E-state index contributed by atoms with van der Waals surface area (Å²) in [7, 11) is 0. The number of hydrogen-bond donors (Lipinski definition) is 1. The summed E-state index contributed by atoms with van der Waals surface area (Å²) >= 11 is 6.86. The molecule has 1 aromatic carbocycles. The maximum absolute atomic E-state index is 11.9. The molecule has 1 aromatic rings. The Labute approximate surface area is 173 Å². The molecule has 0 aliphatic heterocycles. The summed E-state index contributed by atoms with van der Waals surface area (Å²) in [6.45, 7) is 5.69. The molecule has 0 aliphatic carbocycles. The molecule has 0 spiro atoms. The third kappa shape index (κ3) is 5.57. The average molecular weight is 639 g/mol. The highest BCUT2D eigenvalue weighted by molar-refractivity contribution is 14.1. The Morgan fingerprint density at radius 3 is 2.32 bits per heavy atom. The molecule has 0 aliphatic rings. The first-order valence-corrected chi connectivity index (χ1v) is 10.5. The topological polar surface area (TPSA) is 46.2 Å². The van der Waals surface area contributed by atoms with Crippen molar-refractivity contribution >= 4 is 85.2 Å². The third-order valence-electron chi connectivity index (χ3n) is 3.52. The molecular weight excluding hydrogens is 619 g/mol. The third-order valence-corrected chi connectivity index (χ3v) is 6.53. The minimum absolute atomic E-state index is 0.0429. The number of nitrogens with one attached hydrogen (secondary N) is 1. The van der Waals surface area contributed by atoms with E-state index in [1.165, 1.54) is 0 Å². The number of carbonyl (C=O) groups excluding carboxylic acids is 2. The van der Waals surface area contributed by atoms with Gasteiger partial charge in [-0.2, -0.15) is 0 Å². The lowest BCUT2D eigenvalue weighted by atomic mass is 9.93. The van der Waals surface area contributed by atoms with Crippen LogP contribution >= 0.6 is 67.8 Å². The molecule has 0 fully saturated rings. The minimum atomic E-state index is 0.0429. The number of amides is 1. The van der Waals surface area contributed by atoms with E-state index < -0.39 is 0 Å². The standard InChI is InChI=1S/C16H20I3NO2/c1-4-6-14(22)20-16-13(18)8-12(17)11(15(16)19)7-10(5-2)9(3)21/h8,10H,4-7H2,1-3H3,(H,20,22). The van der Waals surface area contributed by atoms with E-state index in [1.54, 1.807) is 6.92 Å². The van der Waals surface area contributed by atoms with Gasteiger partial charge < -0.3 is 5.32 Å². The summed E-state index contributed by atoms with van der Waals surface area (Å²) in [6, 6.07) is 2.08. The highest BCUT2D eigenvalue weighted by Gasteiger charge is 2.20. The Kier molecular flexibility index (Phi) is 9.13. The zero-order valence-electron chi connectivity index (χ0n) is 12.9. The van der Waals surface area contributed by atoms with Crippen LogP contribution in [0.25, 0.3) is 0 Å². The molecule has 1 atom stereocenters. The molecule has 0 aromatic heterocycles. The Balaban J connectivity index is 3.18. The van der Waals surface area contributed by atoms with E-state index in [4.69, 9.17) is 0 Å². The highest BCUT2D eigenvalue weighted by atomic mass is 127. The number of hydrogen-bond acceptors (Lipinski definition) is 2. The number of ketones is 1. The number of benzene rings is 1. The van der Waals surface area contributed by atoms with E-state index in [0.717, 1.165) is 41.2 Å². The van der Waals surface area contributed by atoms with Gasteiger partial charge in [0.05, 0.1) is 5.69 Å². The fraction of sp³-hybridized carbons (Fsp3) is 0.500. The van der Waals surface area contributed by atoms with Crippen LogP contribution in [-0.4, -0.2) is 11.7 Å². The van der Waals surface area contributed by atoms with Crippen LogP contribution < -0.4 is 5.32 Å². The van der Waals surface area contributed by atoms with Gasteiger partial charge in [0.25, 0.3) is 0 Å². The predicted octanol–water partition coefficient (Wildman–Crippen LogP) is 5.40. The maximum atomic E-state index is 11.9. The monoisotopic (exact) mass is 639 g/mol. The van der Waals surface area contributed by atoms with Gasteiger partial charge in [-0.05, 0) is 106 Å². The van der Waals surface area contributed by atoms with Gasteiger partial charge in [-0.15, -0.1) is 0 Å². The number of rotatable bonds is 7. The average Bonchev–Trinajstić information content (AvgIpc) is 2.43. The summed E-state index contributed by atoms with van der Waals surface area (Å²) in [4.78, 5) is 23.7. The van der Waals surface area contributed by atoms with Crippen molar-refractivity contribution in [2.24, 2.45) is 5.92 Å². The Bertz CT molecular complexity index is 573. The smallest absolute Gasteiger partial charge is 0.224 e. The highest BCUT2D eigenvalue weighted by Crippen LogP contribution is 2.33. The molecular formula is C16H20I3NO2. The molecule has 122 valence electrons. The largest absolute Gasteiger partial charge is 0.324 e. The summed E-state index contributed by atoms with van der Waals surface area (Å²) in [5.41, 5.74) is 2.05. The SMILES string of the molecule is CCCC(=O)Nc1c(I)cc(I)c(CC(CC)C(C)=O)c1I. The molecule has 1 rings (SSSR count). The Morgan fingerprint density at radius 2 is 1.82 bits per heavy atom. The number of Topliss-reactive ketones (excluding diaryl/α,β-unsaturated/α-hetero) is 1. The van der Waals surface area contributed by atoms with E-state index in [9.17, 15) is 9.59 Å². The molecule has 1 unspecified atom stereocenters. The lowest BCUT2D eigenvalue weighted by Gasteiger charge is -2.18. The molecule has 0 heterocycles. The van der Waals surface area contributed by atoms with Crippen LogP contribution in [0.5, 0.6) is 0 Å². The van der Waals surface area contributed by atoms with Crippen molar-refractivity contribution in [3.05, 3.63) is 22.3 Å². The van der Waals surface area contributed by atoms with Crippen molar-refractivity contribution in [1.29, 1.82) is 0 Å². The van der Waals surface area contributed by atoms with Crippen LogP contribution in [0, 0.1) is 16.6 Å². The summed E-state index contributed by atoms with van der Waals surface area (Å²) in [5.74, 6) is 0.314. The first-order chi connectivity index (χ1) is 10.3. The van der Waals surface area contributed by atoms with Gasteiger partial charge in [0.1, 0.15) is 5.78 Å². The number of halogens is 3. The van der Waals surface area contributed by atoms with Crippen molar-refractivity contribution in [2.45, 2.75) is 46.5 Å². The van der Waals surface area contributed by atoms with Crippen molar-refractivity contribution in [2.75, 3.05) is 5.32 Å². The Morgan fingerprint density at radius 1 is 1.18 bits per heavy atom. The van der Waals surface area contributed by atoms with Gasteiger partial charge in [0.2, 0.25) is 5.91 Å². The second-order valence-electron chi connectivity index (χ2n) is 5.23. The number of anilines is 1. The summed E-state index contributed by atoms with van der Waals surface area (Å²) < 4.78 is 3.24. The zero-order valence-corrected chi connectivity index (χ0v) is 19.4. The van der Waals surface area contributed by atoms with Gasteiger partial charge >= 0.3 is 0 Å². The van der Waals surface area contributed by atoms with Gasteiger partial charge in [0, 0.05) is 23.0 Å². The van der Waals surface area contributed by atoms with Gasteiger partial charge in [-0.25, -0.2) is 0 Å². The second-order valence-corrected chi connectivity index (χ2v) is 8.63. The fourth-order valence-corrected chi connectivity index (χ4v) is 6.26. The van der Waals surface area contributed by atoms with E-state index in [1.807, 2.05) is 13.8 Å². The molecule has 1 amide bonds. The summed E-state index contributed by atoms with van der Waals surface area (Å²) in [5, 5.41) is 3.03. The summed E-state index contributed by atoms with van der Waals surface area (Å²) in [6.07, 6.45) is 2.93. The Hall–Kier alpha value is 0.550. The van der Waals surface area contributed by atoms with Crippen LogP contribution in [0.15, 0.2) is 6.07 Å². The van der Waals surface area contributed by atoms with Gasteiger partial charge in [-0.1, -0.05) is 13.8 Å². The van der Waals surface area contributed by atoms with Crippen LogP contribution in [0.1, 0.15) is 45.6 Å². The van der Waals surface area contributed by atoms with E-state index >= 15 is 0 Å². The minimum Gasteiger partial charge on any atom is -0.324 e. The normalized spacial score (nSPS) is 12.1. The van der Waals surface area contributed by atoms with E-state index in [0.29, 0.717) is 6.42 Å². The molecule has 22 heavy (non-hydrogen) atoms. The molecule has 0 bridgehead atoms. The van der Waals surface area contributed by atoms with Crippen LogP contribution in [0.2, 0.25) is 0 Å². The molecule has 1 N–H and O–H groups in total. The number of carbonyl (C=O) groups is 2. The van der Waals surface area contributed by atoms with Gasteiger partial charge in [0.15, 0.2) is 0 Å². The zero-order chi connectivity index (χ0) is 16.9. The predicted molar refractivity (Wildman–Crippen MR) is 116 cm³/mol. The lowest BCUT2D eigenvalue weighted by molar-refractivity contribution is -0.120. The maximum Gasteiger partial charge on any atom is 0.224 e.